The molecular weight excluding hydrogens is 328 g/mol. The lowest BCUT2D eigenvalue weighted by Gasteiger charge is -2.08. The van der Waals surface area contributed by atoms with Crippen LogP contribution in [0.3, 0.4) is 0 Å². The van der Waals surface area contributed by atoms with Crippen molar-refractivity contribution in [3.63, 3.8) is 0 Å². The van der Waals surface area contributed by atoms with Crippen LogP contribution < -0.4 is 5.32 Å². The third kappa shape index (κ3) is 3.00. The lowest BCUT2D eigenvalue weighted by Crippen LogP contribution is -2.18. The van der Waals surface area contributed by atoms with E-state index in [0.29, 0.717) is 6.54 Å². The number of carbonyl (C=O) groups excluding carboxylic acids is 1. The van der Waals surface area contributed by atoms with Crippen molar-refractivity contribution in [2.24, 2.45) is 0 Å². The second-order valence-electron chi connectivity index (χ2n) is 5.01. The van der Waals surface area contributed by atoms with Crippen molar-refractivity contribution in [1.29, 1.82) is 0 Å². The summed E-state index contributed by atoms with van der Waals surface area (Å²) in [6.45, 7) is 2.39. The van der Waals surface area contributed by atoms with Crippen LogP contribution in [0.4, 0.5) is 5.69 Å². The van der Waals surface area contributed by atoms with E-state index in [2.05, 4.69) is 40.3 Å². The summed E-state index contributed by atoms with van der Waals surface area (Å²) in [7, 11) is 0. The third-order valence-corrected chi connectivity index (χ3v) is 4.00. The first-order valence-electron chi connectivity index (χ1n) is 6.73. The normalized spacial score (nSPS) is 10.8. The summed E-state index contributed by atoms with van der Waals surface area (Å²) in [4.78, 5) is 12.1. The standard InChI is InChI=1S/C17H15BrN2O/c1-12-3-2-4-16-15(12)9-10-20(16)11-17(21)19-14-7-5-13(18)6-8-14/h2-10H,11H2,1H3,(H,19,21). The summed E-state index contributed by atoms with van der Waals surface area (Å²) >= 11 is 3.38. The van der Waals surface area contributed by atoms with Gasteiger partial charge >= 0.3 is 0 Å². The van der Waals surface area contributed by atoms with E-state index in [-0.39, 0.29) is 5.91 Å². The summed E-state index contributed by atoms with van der Waals surface area (Å²) in [5.41, 5.74) is 3.11. The van der Waals surface area contributed by atoms with Crippen LogP contribution in [0, 0.1) is 6.92 Å². The molecule has 0 saturated heterocycles. The Bertz CT molecular complexity index is 790. The molecule has 4 heteroatoms. The highest BCUT2D eigenvalue weighted by Crippen LogP contribution is 2.20. The first-order valence-corrected chi connectivity index (χ1v) is 7.53. The number of anilines is 1. The number of carbonyl (C=O) groups is 1. The zero-order valence-electron chi connectivity index (χ0n) is 11.6. The summed E-state index contributed by atoms with van der Waals surface area (Å²) in [5.74, 6) is -0.0312. The van der Waals surface area contributed by atoms with Crippen molar-refractivity contribution in [2.45, 2.75) is 13.5 Å². The number of aryl methyl sites for hydroxylation is 1. The lowest BCUT2D eigenvalue weighted by molar-refractivity contribution is -0.116. The number of fused-ring (bicyclic) bond motifs is 1. The van der Waals surface area contributed by atoms with Crippen LogP contribution in [0.15, 0.2) is 59.2 Å². The molecule has 1 aromatic heterocycles. The van der Waals surface area contributed by atoms with E-state index in [0.717, 1.165) is 15.7 Å². The molecule has 0 aliphatic rings. The Labute approximate surface area is 131 Å². The highest BCUT2D eigenvalue weighted by molar-refractivity contribution is 9.10. The molecule has 0 atom stereocenters. The fraction of sp³-hybridized carbons (Fsp3) is 0.118. The van der Waals surface area contributed by atoms with Crippen molar-refractivity contribution < 1.29 is 4.79 Å². The molecule has 1 N–H and O–H groups in total. The largest absolute Gasteiger partial charge is 0.338 e. The molecule has 0 radical (unpaired) electrons. The quantitative estimate of drug-likeness (QED) is 0.754. The van der Waals surface area contributed by atoms with E-state index in [4.69, 9.17) is 0 Å². The van der Waals surface area contributed by atoms with E-state index in [9.17, 15) is 4.79 Å². The van der Waals surface area contributed by atoms with Gasteiger partial charge in [0, 0.05) is 27.3 Å². The molecule has 3 nitrogen and oxygen atoms in total. The molecule has 0 unspecified atom stereocenters. The Kier molecular flexibility index (Phi) is 3.80. The number of hydrogen-bond acceptors (Lipinski definition) is 1. The Hall–Kier alpha value is -2.07. The van der Waals surface area contributed by atoms with Gasteiger partial charge in [-0.15, -0.1) is 0 Å². The van der Waals surface area contributed by atoms with Crippen LogP contribution in [-0.2, 0) is 11.3 Å². The monoisotopic (exact) mass is 342 g/mol. The zero-order chi connectivity index (χ0) is 14.8. The molecule has 1 amide bonds. The second-order valence-corrected chi connectivity index (χ2v) is 5.92. The fourth-order valence-corrected chi connectivity index (χ4v) is 2.67. The van der Waals surface area contributed by atoms with Gasteiger partial charge in [0.1, 0.15) is 6.54 Å². The van der Waals surface area contributed by atoms with Crippen LogP contribution in [0.5, 0.6) is 0 Å². The molecule has 0 fully saturated rings. The number of amides is 1. The minimum absolute atomic E-state index is 0.0312. The highest BCUT2D eigenvalue weighted by atomic mass is 79.9. The van der Waals surface area contributed by atoms with Crippen LogP contribution in [-0.4, -0.2) is 10.5 Å². The average Bonchev–Trinajstić information content (AvgIpc) is 2.86. The van der Waals surface area contributed by atoms with E-state index in [1.165, 1.54) is 10.9 Å². The number of aromatic nitrogens is 1. The fourth-order valence-electron chi connectivity index (χ4n) is 2.40. The number of hydrogen-bond donors (Lipinski definition) is 1. The molecule has 0 bridgehead atoms. The molecule has 3 aromatic rings. The van der Waals surface area contributed by atoms with Crippen LogP contribution in [0.1, 0.15) is 5.56 Å². The van der Waals surface area contributed by atoms with E-state index in [1.807, 2.05) is 47.2 Å². The predicted octanol–water partition coefficient (Wildman–Crippen LogP) is 4.35. The lowest BCUT2D eigenvalue weighted by atomic mass is 10.1. The Morgan fingerprint density at radius 1 is 1.14 bits per heavy atom. The van der Waals surface area contributed by atoms with Gasteiger partial charge in [0.2, 0.25) is 5.91 Å². The van der Waals surface area contributed by atoms with Gasteiger partial charge in [-0.05, 0) is 48.9 Å². The molecule has 0 aliphatic carbocycles. The van der Waals surface area contributed by atoms with E-state index < -0.39 is 0 Å². The molecule has 0 saturated carbocycles. The number of nitrogens with one attached hydrogen (secondary N) is 1. The van der Waals surface area contributed by atoms with Crippen LogP contribution >= 0.6 is 15.9 Å². The molecule has 21 heavy (non-hydrogen) atoms. The first kappa shape index (κ1) is 13.9. The van der Waals surface area contributed by atoms with Gasteiger partial charge in [-0.3, -0.25) is 4.79 Å². The average molecular weight is 343 g/mol. The summed E-state index contributed by atoms with van der Waals surface area (Å²) in [6.07, 6.45) is 1.96. The minimum Gasteiger partial charge on any atom is -0.338 e. The molecule has 2 aromatic carbocycles. The van der Waals surface area contributed by atoms with E-state index in [1.54, 1.807) is 0 Å². The van der Waals surface area contributed by atoms with Crippen molar-refractivity contribution in [2.75, 3.05) is 5.32 Å². The van der Waals surface area contributed by atoms with E-state index >= 15 is 0 Å². The second kappa shape index (κ2) is 5.74. The molecule has 3 rings (SSSR count). The molecular formula is C17H15BrN2O. The Morgan fingerprint density at radius 3 is 2.67 bits per heavy atom. The maximum Gasteiger partial charge on any atom is 0.244 e. The molecule has 0 aliphatic heterocycles. The van der Waals surface area contributed by atoms with Crippen molar-refractivity contribution in [3.05, 3.63) is 64.8 Å². The number of halogens is 1. The van der Waals surface area contributed by atoms with Crippen molar-refractivity contribution in [1.82, 2.24) is 4.57 Å². The predicted molar refractivity (Wildman–Crippen MR) is 89.4 cm³/mol. The van der Waals surface area contributed by atoms with Crippen molar-refractivity contribution >= 4 is 38.4 Å². The Morgan fingerprint density at radius 2 is 1.90 bits per heavy atom. The van der Waals surface area contributed by atoms with Crippen LogP contribution in [0.25, 0.3) is 10.9 Å². The topological polar surface area (TPSA) is 34.0 Å². The minimum atomic E-state index is -0.0312. The van der Waals surface area contributed by atoms with Gasteiger partial charge < -0.3 is 9.88 Å². The third-order valence-electron chi connectivity index (χ3n) is 3.47. The molecule has 1 heterocycles. The number of nitrogens with zero attached hydrogens (tertiary/aromatic N) is 1. The maximum absolute atomic E-state index is 12.1. The summed E-state index contributed by atoms with van der Waals surface area (Å²) < 4.78 is 2.96. The van der Waals surface area contributed by atoms with Gasteiger partial charge in [-0.1, -0.05) is 28.1 Å². The summed E-state index contributed by atoms with van der Waals surface area (Å²) in [5, 5.41) is 4.09. The smallest absolute Gasteiger partial charge is 0.244 e. The van der Waals surface area contributed by atoms with Gasteiger partial charge in [-0.2, -0.15) is 0 Å². The Balaban J connectivity index is 1.77. The van der Waals surface area contributed by atoms with Gasteiger partial charge in [0.05, 0.1) is 0 Å². The first-order chi connectivity index (χ1) is 10.1. The SMILES string of the molecule is Cc1cccc2c1ccn2CC(=O)Nc1ccc(Br)cc1. The number of rotatable bonds is 3. The van der Waals surface area contributed by atoms with Crippen molar-refractivity contribution in [3.8, 4) is 0 Å². The molecule has 0 spiro atoms. The maximum atomic E-state index is 12.1. The highest BCUT2D eigenvalue weighted by Gasteiger charge is 2.07. The van der Waals surface area contributed by atoms with Gasteiger partial charge in [0.15, 0.2) is 0 Å². The van der Waals surface area contributed by atoms with Crippen LogP contribution in [0.2, 0.25) is 0 Å². The number of benzene rings is 2. The molecule has 106 valence electrons. The van der Waals surface area contributed by atoms with Gasteiger partial charge in [-0.25, -0.2) is 0 Å². The van der Waals surface area contributed by atoms with Gasteiger partial charge in [0.25, 0.3) is 0 Å². The summed E-state index contributed by atoms with van der Waals surface area (Å²) in [6, 6.07) is 15.7. The zero-order valence-corrected chi connectivity index (χ0v) is 13.2.